The first-order chi connectivity index (χ1) is 9.25. The van der Waals surface area contributed by atoms with Gasteiger partial charge in [0.05, 0.1) is 17.4 Å². The molecule has 1 aromatic heterocycles. The van der Waals surface area contributed by atoms with Crippen LogP contribution in [0.2, 0.25) is 0 Å². The average molecular weight is 255 g/mol. The van der Waals surface area contributed by atoms with E-state index in [9.17, 15) is 0 Å². The Morgan fingerprint density at radius 2 is 2.05 bits per heavy atom. The van der Waals surface area contributed by atoms with Gasteiger partial charge in [0.15, 0.2) is 0 Å². The predicted octanol–water partition coefficient (Wildman–Crippen LogP) is 2.57. The Labute approximate surface area is 112 Å². The first-order valence-electron chi connectivity index (χ1n) is 6.51. The van der Waals surface area contributed by atoms with Gasteiger partial charge in [-0.2, -0.15) is 0 Å². The molecular weight excluding hydrogens is 238 g/mol. The van der Waals surface area contributed by atoms with Crippen LogP contribution in [0.15, 0.2) is 36.7 Å². The normalized spacial score (nSPS) is 18.7. The smallest absolute Gasteiger partial charge is 0.124 e. The SMILES string of the molecule is Cc1nccnc1C(C)NC1COc2ccccc21. The van der Waals surface area contributed by atoms with Crippen molar-refractivity contribution < 1.29 is 4.74 Å². The van der Waals surface area contributed by atoms with E-state index >= 15 is 0 Å². The third-order valence-electron chi connectivity index (χ3n) is 3.48. The zero-order chi connectivity index (χ0) is 13.2. The minimum atomic E-state index is 0.147. The number of benzene rings is 1. The molecule has 0 bridgehead atoms. The topological polar surface area (TPSA) is 47.0 Å². The van der Waals surface area contributed by atoms with Crippen molar-refractivity contribution in [1.29, 1.82) is 0 Å². The fourth-order valence-corrected chi connectivity index (χ4v) is 2.52. The highest BCUT2D eigenvalue weighted by atomic mass is 16.5. The van der Waals surface area contributed by atoms with Crippen molar-refractivity contribution in [2.75, 3.05) is 6.61 Å². The molecule has 2 aromatic rings. The van der Waals surface area contributed by atoms with E-state index < -0.39 is 0 Å². The summed E-state index contributed by atoms with van der Waals surface area (Å²) >= 11 is 0. The van der Waals surface area contributed by atoms with Crippen LogP contribution in [-0.4, -0.2) is 16.6 Å². The molecule has 1 aliphatic heterocycles. The van der Waals surface area contributed by atoms with Crippen molar-refractivity contribution >= 4 is 0 Å². The number of nitrogens with one attached hydrogen (secondary N) is 1. The molecular formula is C15H17N3O. The van der Waals surface area contributed by atoms with E-state index in [2.05, 4.69) is 28.3 Å². The Morgan fingerprint density at radius 1 is 1.26 bits per heavy atom. The summed E-state index contributed by atoms with van der Waals surface area (Å²) in [6.45, 7) is 4.76. The van der Waals surface area contributed by atoms with Crippen molar-refractivity contribution in [2.45, 2.75) is 25.9 Å². The molecule has 1 aromatic carbocycles. The van der Waals surface area contributed by atoms with Gasteiger partial charge >= 0.3 is 0 Å². The molecule has 0 radical (unpaired) electrons. The first-order valence-corrected chi connectivity index (χ1v) is 6.51. The minimum Gasteiger partial charge on any atom is -0.491 e. The van der Waals surface area contributed by atoms with Gasteiger partial charge in [-0.05, 0) is 19.9 Å². The Balaban J connectivity index is 1.78. The maximum Gasteiger partial charge on any atom is 0.124 e. The molecule has 0 saturated carbocycles. The summed E-state index contributed by atoms with van der Waals surface area (Å²) in [5.74, 6) is 0.975. The first kappa shape index (κ1) is 12.1. The van der Waals surface area contributed by atoms with Crippen molar-refractivity contribution in [2.24, 2.45) is 0 Å². The average Bonchev–Trinajstić information content (AvgIpc) is 2.83. The molecule has 0 amide bonds. The number of hydrogen-bond acceptors (Lipinski definition) is 4. The molecule has 1 aliphatic rings. The molecule has 0 fully saturated rings. The maximum absolute atomic E-state index is 5.68. The fourth-order valence-electron chi connectivity index (χ4n) is 2.52. The molecule has 4 heteroatoms. The fraction of sp³-hybridized carbons (Fsp3) is 0.333. The lowest BCUT2D eigenvalue weighted by molar-refractivity contribution is 0.299. The molecule has 0 saturated heterocycles. The third kappa shape index (κ3) is 2.31. The van der Waals surface area contributed by atoms with Crippen LogP contribution >= 0.6 is 0 Å². The zero-order valence-electron chi connectivity index (χ0n) is 11.1. The van der Waals surface area contributed by atoms with Crippen molar-refractivity contribution in [1.82, 2.24) is 15.3 Å². The molecule has 2 unspecified atom stereocenters. The molecule has 0 aliphatic carbocycles. The van der Waals surface area contributed by atoms with E-state index in [0.717, 1.165) is 17.1 Å². The Hall–Kier alpha value is -1.94. The summed E-state index contributed by atoms with van der Waals surface area (Å²) in [5, 5.41) is 3.56. The number of fused-ring (bicyclic) bond motifs is 1. The van der Waals surface area contributed by atoms with Gasteiger partial charge in [0, 0.05) is 24.0 Å². The van der Waals surface area contributed by atoms with Gasteiger partial charge in [0.1, 0.15) is 12.4 Å². The van der Waals surface area contributed by atoms with Gasteiger partial charge in [0.25, 0.3) is 0 Å². The van der Waals surface area contributed by atoms with Crippen LogP contribution in [0.25, 0.3) is 0 Å². The highest BCUT2D eigenvalue weighted by Gasteiger charge is 2.25. The summed E-state index contributed by atoms with van der Waals surface area (Å²) in [6, 6.07) is 8.52. The van der Waals surface area contributed by atoms with Crippen LogP contribution in [0.1, 0.15) is 36.0 Å². The second-order valence-corrected chi connectivity index (χ2v) is 4.82. The molecule has 19 heavy (non-hydrogen) atoms. The number of aryl methyl sites for hydroxylation is 1. The summed E-state index contributed by atoms with van der Waals surface area (Å²) in [6.07, 6.45) is 3.46. The maximum atomic E-state index is 5.68. The van der Waals surface area contributed by atoms with Crippen LogP contribution in [0, 0.1) is 6.92 Å². The molecule has 1 N–H and O–H groups in total. The zero-order valence-corrected chi connectivity index (χ0v) is 11.1. The summed E-state index contributed by atoms with van der Waals surface area (Å²) < 4.78 is 5.68. The van der Waals surface area contributed by atoms with Crippen LogP contribution in [-0.2, 0) is 0 Å². The molecule has 3 rings (SSSR count). The Kier molecular flexibility index (Phi) is 3.17. The number of para-hydroxylation sites is 1. The van der Waals surface area contributed by atoms with Crippen molar-refractivity contribution in [3.63, 3.8) is 0 Å². The van der Waals surface area contributed by atoms with Crippen molar-refractivity contribution in [3.05, 3.63) is 53.6 Å². The van der Waals surface area contributed by atoms with E-state index in [4.69, 9.17) is 4.74 Å². The Morgan fingerprint density at radius 3 is 2.89 bits per heavy atom. The number of aromatic nitrogens is 2. The van der Waals surface area contributed by atoms with Crippen LogP contribution in [0.4, 0.5) is 0 Å². The monoisotopic (exact) mass is 255 g/mol. The highest BCUT2D eigenvalue weighted by molar-refractivity contribution is 5.39. The van der Waals surface area contributed by atoms with E-state index in [-0.39, 0.29) is 12.1 Å². The molecule has 2 heterocycles. The van der Waals surface area contributed by atoms with Gasteiger partial charge in [-0.15, -0.1) is 0 Å². The summed E-state index contributed by atoms with van der Waals surface area (Å²) in [7, 11) is 0. The molecule has 0 spiro atoms. The standard InChI is InChI=1S/C15H17N3O/c1-10-15(17-8-7-16-10)11(2)18-13-9-19-14-6-4-3-5-12(13)14/h3-8,11,13,18H,9H2,1-2H3. The van der Waals surface area contributed by atoms with Gasteiger partial charge in [-0.3, -0.25) is 15.3 Å². The second kappa shape index (κ2) is 4.97. The van der Waals surface area contributed by atoms with Crippen LogP contribution < -0.4 is 10.1 Å². The number of hydrogen-bond donors (Lipinski definition) is 1. The molecule has 98 valence electrons. The van der Waals surface area contributed by atoms with Crippen molar-refractivity contribution in [3.8, 4) is 5.75 Å². The van der Waals surface area contributed by atoms with Gasteiger partial charge in [0.2, 0.25) is 0 Å². The number of nitrogens with zero attached hydrogens (tertiary/aromatic N) is 2. The summed E-state index contributed by atoms with van der Waals surface area (Å²) in [4.78, 5) is 8.70. The molecule has 2 atom stereocenters. The quantitative estimate of drug-likeness (QED) is 0.915. The van der Waals surface area contributed by atoms with Crippen LogP contribution in [0.3, 0.4) is 0 Å². The largest absolute Gasteiger partial charge is 0.491 e. The highest BCUT2D eigenvalue weighted by Crippen LogP contribution is 2.33. The lowest BCUT2D eigenvalue weighted by Crippen LogP contribution is -2.27. The number of ether oxygens (including phenoxy) is 1. The minimum absolute atomic E-state index is 0.147. The van der Waals surface area contributed by atoms with Crippen LogP contribution in [0.5, 0.6) is 5.75 Å². The van der Waals surface area contributed by atoms with Gasteiger partial charge < -0.3 is 4.74 Å². The van der Waals surface area contributed by atoms with E-state index in [1.54, 1.807) is 12.4 Å². The lowest BCUT2D eigenvalue weighted by atomic mass is 10.1. The lowest BCUT2D eigenvalue weighted by Gasteiger charge is -2.19. The van der Waals surface area contributed by atoms with Gasteiger partial charge in [-0.1, -0.05) is 18.2 Å². The second-order valence-electron chi connectivity index (χ2n) is 4.82. The van der Waals surface area contributed by atoms with E-state index in [1.807, 2.05) is 25.1 Å². The van der Waals surface area contributed by atoms with E-state index in [1.165, 1.54) is 5.56 Å². The predicted molar refractivity (Wildman–Crippen MR) is 73.0 cm³/mol. The number of rotatable bonds is 3. The molecule has 4 nitrogen and oxygen atoms in total. The third-order valence-corrected chi connectivity index (χ3v) is 3.48. The Bertz CT molecular complexity index is 585. The van der Waals surface area contributed by atoms with E-state index in [0.29, 0.717) is 6.61 Å². The summed E-state index contributed by atoms with van der Waals surface area (Å²) in [5.41, 5.74) is 3.18. The van der Waals surface area contributed by atoms with Gasteiger partial charge in [-0.25, -0.2) is 0 Å².